The fourth-order valence-electron chi connectivity index (χ4n) is 4.71. The molecule has 188 valence electrons. The Labute approximate surface area is 215 Å². The van der Waals surface area contributed by atoms with Gasteiger partial charge < -0.3 is 21.1 Å². The first-order valence-corrected chi connectivity index (χ1v) is 12.1. The van der Waals surface area contributed by atoms with Crippen molar-refractivity contribution < 1.29 is 14.3 Å². The summed E-state index contributed by atoms with van der Waals surface area (Å²) >= 11 is 0. The van der Waals surface area contributed by atoms with E-state index in [4.69, 9.17) is 15.6 Å². The molecule has 8 heteroatoms. The molecule has 0 saturated heterocycles. The molecule has 0 unspecified atom stereocenters. The maximum atomic E-state index is 12.8. The van der Waals surface area contributed by atoms with Gasteiger partial charge in [-0.25, -0.2) is 4.68 Å². The van der Waals surface area contributed by atoms with E-state index < -0.39 is 5.91 Å². The van der Waals surface area contributed by atoms with Crippen LogP contribution in [0.4, 0.5) is 11.5 Å². The molecule has 0 fully saturated rings. The van der Waals surface area contributed by atoms with Crippen molar-refractivity contribution in [3.63, 3.8) is 0 Å². The van der Waals surface area contributed by atoms with Crippen molar-refractivity contribution in [2.24, 2.45) is 5.73 Å². The molecule has 3 aromatic carbocycles. The Kier molecular flexibility index (Phi) is 6.40. The lowest BCUT2D eigenvalue weighted by atomic mass is 10.0. The molecule has 4 aromatic rings. The Morgan fingerprint density at radius 1 is 1.11 bits per heavy atom. The van der Waals surface area contributed by atoms with Gasteiger partial charge in [-0.2, -0.15) is 5.10 Å². The molecule has 0 radical (unpaired) electrons. The van der Waals surface area contributed by atoms with Crippen LogP contribution in [0.1, 0.15) is 43.0 Å². The second-order valence-corrected chi connectivity index (χ2v) is 9.22. The molecule has 5 rings (SSSR count). The van der Waals surface area contributed by atoms with Crippen LogP contribution in [0, 0.1) is 13.8 Å². The third-order valence-electron chi connectivity index (χ3n) is 6.72. The molecule has 4 N–H and O–H groups in total. The maximum absolute atomic E-state index is 12.8. The Morgan fingerprint density at radius 2 is 1.92 bits per heavy atom. The summed E-state index contributed by atoms with van der Waals surface area (Å²) in [7, 11) is 1.55. The molecule has 2 amide bonds. The number of hydrogen-bond acceptors (Lipinski definition) is 5. The van der Waals surface area contributed by atoms with Gasteiger partial charge in [-0.05, 0) is 61.2 Å². The highest BCUT2D eigenvalue weighted by Crippen LogP contribution is 2.34. The zero-order valence-corrected chi connectivity index (χ0v) is 21.1. The zero-order chi connectivity index (χ0) is 26.1. The first-order valence-electron chi connectivity index (χ1n) is 12.1. The lowest BCUT2D eigenvalue weighted by molar-refractivity contribution is 0.0946. The van der Waals surface area contributed by atoms with Crippen LogP contribution in [0.3, 0.4) is 0 Å². The minimum absolute atomic E-state index is 0.204. The number of carbonyl (C=O) groups is 2. The van der Waals surface area contributed by atoms with Crippen molar-refractivity contribution in [3.05, 3.63) is 94.0 Å². The number of nitrogens with one attached hydrogen (secondary N) is 2. The molecule has 0 saturated carbocycles. The van der Waals surface area contributed by atoms with E-state index in [1.165, 1.54) is 0 Å². The minimum Gasteiger partial charge on any atom is -0.496 e. The summed E-state index contributed by atoms with van der Waals surface area (Å²) in [4.78, 5) is 25.4. The number of para-hydroxylation sites is 1. The fourth-order valence-corrected chi connectivity index (χ4v) is 4.71. The summed E-state index contributed by atoms with van der Waals surface area (Å²) < 4.78 is 7.16. The van der Waals surface area contributed by atoms with E-state index in [2.05, 4.69) is 16.7 Å². The van der Waals surface area contributed by atoms with Gasteiger partial charge in [0, 0.05) is 24.3 Å². The molecule has 0 atom stereocenters. The van der Waals surface area contributed by atoms with Gasteiger partial charge >= 0.3 is 0 Å². The van der Waals surface area contributed by atoms with Gasteiger partial charge in [0.2, 0.25) is 0 Å². The molecule has 2 heterocycles. The number of hydrogen-bond donors (Lipinski definition) is 3. The number of nitrogens with two attached hydrogens (primary N) is 1. The summed E-state index contributed by atoms with van der Waals surface area (Å²) in [5.41, 5.74) is 13.0. The van der Waals surface area contributed by atoms with Gasteiger partial charge in [0.05, 0.1) is 12.7 Å². The van der Waals surface area contributed by atoms with Crippen LogP contribution >= 0.6 is 0 Å². The third kappa shape index (κ3) is 4.65. The predicted octanol–water partition coefficient (Wildman–Crippen LogP) is 4.50. The second-order valence-electron chi connectivity index (χ2n) is 9.22. The average molecular weight is 496 g/mol. The topological polar surface area (TPSA) is 111 Å². The summed E-state index contributed by atoms with van der Waals surface area (Å²) in [5, 5.41) is 11.1. The monoisotopic (exact) mass is 495 g/mol. The zero-order valence-electron chi connectivity index (χ0n) is 21.1. The smallest absolute Gasteiger partial charge is 0.255 e. The van der Waals surface area contributed by atoms with Crippen LogP contribution in [0.15, 0.2) is 60.7 Å². The summed E-state index contributed by atoms with van der Waals surface area (Å²) in [6, 6.07) is 19.3. The number of methoxy groups -OCH3 is 1. The number of amides is 2. The molecule has 0 spiro atoms. The number of fused-ring (bicyclic) bond motifs is 2. The van der Waals surface area contributed by atoms with Gasteiger partial charge in [-0.1, -0.05) is 42.0 Å². The van der Waals surface area contributed by atoms with Gasteiger partial charge in [0.15, 0.2) is 0 Å². The fraction of sp³-hybridized carbons (Fsp3) is 0.207. The number of rotatable bonds is 6. The van der Waals surface area contributed by atoms with Crippen molar-refractivity contribution >= 4 is 23.3 Å². The molecular formula is C29H29N5O3. The number of anilines is 2. The van der Waals surface area contributed by atoms with Crippen LogP contribution in [-0.4, -0.2) is 28.7 Å². The molecule has 0 bridgehead atoms. The standard InChI is InChI=1S/C29H29N5O3/c1-17-8-11-24(37-3)22(14-17)29(36)31-16-21-10-9-20(15-18(21)2)26-25(27(30)35)28-32-23-7-5-4-6-19(23)12-13-34(28)33-26/h4-11,14-15,32H,12-13,16H2,1-3H3,(H2,30,35)(H,31,36). The van der Waals surface area contributed by atoms with Gasteiger partial charge in [-0.15, -0.1) is 0 Å². The molecular weight excluding hydrogens is 466 g/mol. The maximum Gasteiger partial charge on any atom is 0.255 e. The molecule has 1 aliphatic heterocycles. The van der Waals surface area contributed by atoms with Crippen LogP contribution in [0.5, 0.6) is 5.75 Å². The van der Waals surface area contributed by atoms with Crippen molar-refractivity contribution in [1.82, 2.24) is 15.1 Å². The molecule has 8 nitrogen and oxygen atoms in total. The van der Waals surface area contributed by atoms with Crippen molar-refractivity contribution in [3.8, 4) is 17.0 Å². The first kappa shape index (κ1) is 24.1. The molecule has 1 aliphatic rings. The largest absolute Gasteiger partial charge is 0.496 e. The number of ether oxygens (including phenoxy) is 1. The highest BCUT2D eigenvalue weighted by Gasteiger charge is 2.26. The van der Waals surface area contributed by atoms with E-state index in [9.17, 15) is 9.59 Å². The molecule has 37 heavy (non-hydrogen) atoms. The first-order chi connectivity index (χ1) is 17.9. The number of aromatic nitrogens is 2. The van der Waals surface area contributed by atoms with E-state index in [1.54, 1.807) is 13.2 Å². The van der Waals surface area contributed by atoms with E-state index >= 15 is 0 Å². The highest BCUT2D eigenvalue weighted by molar-refractivity contribution is 6.04. The van der Waals surface area contributed by atoms with Gasteiger partial charge in [0.25, 0.3) is 11.8 Å². The van der Waals surface area contributed by atoms with Crippen molar-refractivity contribution in [1.29, 1.82) is 0 Å². The Bertz CT molecular complexity index is 1520. The predicted molar refractivity (Wildman–Crippen MR) is 143 cm³/mol. The minimum atomic E-state index is -0.538. The Hall–Kier alpha value is -4.59. The quantitative estimate of drug-likeness (QED) is 0.365. The van der Waals surface area contributed by atoms with Gasteiger partial charge in [0.1, 0.15) is 22.8 Å². The Balaban J connectivity index is 1.41. The number of nitrogens with zero attached hydrogens (tertiary/aromatic N) is 2. The van der Waals surface area contributed by atoms with Crippen LogP contribution in [-0.2, 0) is 19.5 Å². The normalized spacial score (nSPS) is 12.1. The number of aryl methyl sites for hydroxylation is 4. The number of primary amides is 1. The van der Waals surface area contributed by atoms with Crippen LogP contribution < -0.4 is 21.1 Å². The molecule has 1 aromatic heterocycles. The number of benzene rings is 3. The van der Waals surface area contributed by atoms with E-state index in [1.807, 2.05) is 67.1 Å². The lowest BCUT2D eigenvalue weighted by Gasteiger charge is -2.12. The van der Waals surface area contributed by atoms with Crippen molar-refractivity contribution in [2.45, 2.75) is 33.4 Å². The van der Waals surface area contributed by atoms with E-state index in [-0.39, 0.29) is 5.91 Å². The highest BCUT2D eigenvalue weighted by atomic mass is 16.5. The summed E-state index contributed by atoms with van der Waals surface area (Å²) in [5.74, 6) is 0.395. The summed E-state index contributed by atoms with van der Waals surface area (Å²) in [6.07, 6.45) is 0.791. The number of carbonyl (C=O) groups excluding carboxylic acids is 2. The SMILES string of the molecule is COc1ccc(C)cc1C(=O)NCc1ccc(-c2nn3c(c2C(N)=O)Nc2ccccc2CC3)cc1C. The van der Waals surface area contributed by atoms with Crippen LogP contribution in [0.2, 0.25) is 0 Å². The third-order valence-corrected chi connectivity index (χ3v) is 6.72. The van der Waals surface area contributed by atoms with E-state index in [0.717, 1.165) is 39.9 Å². The summed E-state index contributed by atoms with van der Waals surface area (Å²) in [6.45, 7) is 4.88. The van der Waals surface area contributed by atoms with Crippen molar-refractivity contribution in [2.75, 3.05) is 12.4 Å². The average Bonchev–Trinajstić information content (AvgIpc) is 3.15. The Morgan fingerprint density at radius 3 is 2.68 bits per heavy atom. The molecule has 0 aliphatic carbocycles. The van der Waals surface area contributed by atoms with Gasteiger partial charge in [-0.3, -0.25) is 9.59 Å². The van der Waals surface area contributed by atoms with Crippen LogP contribution in [0.25, 0.3) is 11.3 Å². The second kappa shape index (κ2) is 9.81. The lowest BCUT2D eigenvalue weighted by Crippen LogP contribution is -2.23. The van der Waals surface area contributed by atoms with E-state index in [0.29, 0.717) is 41.5 Å².